The van der Waals surface area contributed by atoms with Gasteiger partial charge in [0.25, 0.3) is 0 Å². The molecule has 0 bridgehead atoms. The Bertz CT molecular complexity index is 1210. The summed E-state index contributed by atoms with van der Waals surface area (Å²) in [5.41, 5.74) is 4.36. The van der Waals surface area contributed by atoms with Crippen LogP contribution < -0.4 is 5.32 Å². The monoisotopic (exact) mass is 387 g/mol. The van der Waals surface area contributed by atoms with Crippen molar-refractivity contribution in [3.8, 4) is 17.1 Å². The van der Waals surface area contributed by atoms with Crippen molar-refractivity contribution in [3.63, 3.8) is 0 Å². The van der Waals surface area contributed by atoms with Gasteiger partial charge in [-0.1, -0.05) is 6.07 Å². The summed E-state index contributed by atoms with van der Waals surface area (Å²) >= 11 is 0. The number of aromatic carboxylic acids is 1. The van der Waals surface area contributed by atoms with Crippen LogP contribution >= 0.6 is 0 Å². The molecule has 7 heteroatoms. The lowest BCUT2D eigenvalue weighted by molar-refractivity contribution is 0.0696. The maximum absolute atomic E-state index is 11.3. The average Bonchev–Trinajstić information content (AvgIpc) is 3.10. The summed E-state index contributed by atoms with van der Waals surface area (Å²) in [6.45, 7) is 5.95. The Hall–Kier alpha value is -3.74. The summed E-state index contributed by atoms with van der Waals surface area (Å²) in [5, 5.41) is 18.1. The highest BCUT2D eigenvalue weighted by Crippen LogP contribution is 2.24. The fourth-order valence-corrected chi connectivity index (χ4v) is 3.28. The number of benzene rings is 2. The van der Waals surface area contributed by atoms with E-state index in [-0.39, 0.29) is 5.56 Å². The number of aromatic nitrogens is 4. The Morgan fingerprint density at radius 1 is 1.10 bits per heavy atom. The van der Waals surface area contributed by atoms with Gasteiger partial charge in [-0.3, -0.25) is 4.98 Å². The molecule has 0 radical (unpaired) electrons. The predicted molar refractivity (Wildman–Crippen MR) is 113 cm³/mol. The molecule has 4 rings (SSSR count). The average molecular weight is 387 g/mol. The largest absolute Gasteiger partial charge is 0.478 e. The Kier molecular flexibility index (Phi) is 4.72. The van der Waals surface area contributed by atoms with E-state index in [2.05, 4.69) is 29.2 Å². The number of carbonyl (C=O) groups is 1. The van der Waals surface area contributed by atoms with E-state index in [1.165, 1.54) is 0 Å². The maximum Gasteiger partial charge on any atom is 0.335 e. The van der Waals surface area contributed by atoms with Crippen molar-refractivity contribution in [3.05, 3.63) is 66.1 Å². The van der Waals surface area contributed by atoms with E-state index >= 15 is 0 Å². The van der Waals surface area contributed by atoms with Crippen molar-refractivity contribution in [1.82, 2.24) is 19.7 Å². The lowest BCUT2D eigenvalue weighted by atomic mass is 10.0. The molecule has 4 aromatic rings. The van der Waals surface area contributed by atoms with Crippen LogP contribution in [0.15, 0.2) is 55.0 Å². The second-order valence-electron chi connectivity index (χ2n) is 7.23. The van der Waals surface area contributed by atoms with Crippen molar-refractivity contribution in [2.45, 2.75) is 26.8 Å². The van der Waals surface area contributed by atoms with E-state index in [4.69, 9.17) is 4.98 Å². The van der Waals surface area contributed by atoms with Crippen molar-refractivity contribution in [2.75, 3.05) is 5.32 Å². The summed E-state index contributed by atoms with van der Waals surface area (Å²) in [5.74, 6) is -0.345. The summed E-state index contributed by atoms with van der Waals surface area (Å²) in [4.78, 5) is 20.3. The normalized spacial score (nSPS) is 11.2. The van der Waals surface area contributed by atoms with Gasteiger partial charge in [-0.2, -0.15) is 5.10 Å². The number of rotatable bonds is 5. The second kappa shape index (κ2) is 7.35. The quantitative estimate of drug-likeness (QED) is 0.530. The van der Waals surface area contributed by atoms with Gasteiger partial charge in [0, 0.05) is 22.7 Å². The SMILES string of the molecule is Cc1cc(-c2cncc(-n3ncc4ccc(NC(C)C)cc43)n2)ccc1C(=O)O. The first-order valence-corrected chi connectivity index (χ1v) is 9.33. The molecule has 0 saturated heterocycles. The number of carboxylic acid groups (broad SMARTS) is 1. The van der Waals surface area contributed by atoms with Gasteiger partial charge in [0.2, 0.25) is 0 Å². The van der Waals surface area contributed by atoms with Crippen LogP contribution in [0.2, 0.25) is 0 Å². The molecule has 2 N–H and O–H groups in total. The number of hydrogen-bond donors (Lipinski definition) is 2. The highest BCUT2D eigenvalue weighted by molar-refractivity contribution is 5.90. The highest BCUT2D eigenvalue weighted by Gasteiger charge is 2.12. The Morgan fingerprint density at radius 2 is 1.93 bits per heavy atom. The maximum atomic E-state index is 11.3. The van der Waals surface area contributed by atoms with Crippen LogP contribution in [0.3, 0.4) is 0 Å². The molecule has 2 heterocycles. The van der Waals surface area contributed by atoms with Crippen LogP contribution in [-0.4, -0.2) is 36.9 Å². The van der Waals surface area contributed by atoms with Gasteiger partial charge in [-0.15, -0.1) is 0 Å². The number of aryl methyl sites for hydroxylation is 1. The summed E-state index contributed by atoms with van der Waals surface area (Å²) in [6, 6.07) is 11.6. The van der Waals surface area contributed by atoms with Crippen molar-refractivity contribution in [2.24, 2.45) is 0 Å². The first-order chi connectivity index (χ1) is 13.9. The minimum Gasteiger partial charge on any atom is -0.478 e. The first kappa shape index (κ1) is 18.6. The van der Waals surface area contributed by atoms with E-state index in [0.717, 1.165) is 22.2 Å². The van der Waals surface area contributed by atoms with Crippen LogP contribution in [0.1, 0.15) is 29.8 Å². The molecule has 7 nitrogen and oxygen atoms in total. The fraction of sp³-hybridized carbons (Fsp3) is 0.182. The Balaban J connectivity index is 1.76. The molecule has 0 spiro atoms. The standard InChI is InChI=1S/C22H21N5O2/c1-13(2)25-17-6-4-16-10-24-27(20(16)9-17)21-12-23-11-19(26-21)15-5-7-18(22(28)29)14(3)8-15/h4-13,25H,1-3H3,(H,28,29). The lowest BCUT2D eigenvalue weighted by Gasteiger charge is -2.11. The van der Waals surface area contributed by atoms with Crippen molar-refractivity contribution in [1.29, 1.82) is 0 Å². The summed E-state index contributed by atoms with van der Waals surface area (Å²) < 4.78 is 1.76. The third kappa shape index (κ3) is 3.67. The van der Waals surface area contributed by atoms with Gasteiger partial charge >= 0.3 is 5.97 Å². The molecule has 146 valence electrons. The molecule has 0 aliphatic rings. The summed E-state index contributed by atoms with van der Waals surface area (Å²) in [7, 11) is 0. The number of anilines is 1. The number of nitrogens with zero attached hydrogens (tertiary/aromatic N) is 4. The van der Waals surface area contributed by atoms with Gasteiger partial charge < -0.3 is 10.4 Å². The zero-order valence-electron chi connectivity index (χ0n) is 16.4. The molecule has 0 unspecified atom stereocenters. The highest BCUT2D eigenvalue weighted by atomic mass is 16.4. The van der Waals surface area contributed by atoms with Gasteiger partial charge in [-0.25, -0.2) is 14.5 Å². The lowest BCUT2D eigenvalue weighted by Crippen LogP contribution is -2.09. The minimum atomic E-state index is -0.942. The minimum absolute atomic E-state index is 0.279. The molecule has 0 aliphatic carbocycles. The first-order valence-electron chi connectivity index (χ1n) is 9.33. The van der Waals surface area contributed by atoms with Crippen molar-refractivity contribution >= 4 is 22.6 Å². The third-order valence-corrected chi connectivity index (χ3v) is 4.62. The predicted octanol–water partition coefficient (Wildman–Crippen LogP) is 4.31. The Labute approximate surface area is 168 Å². The molecule has 0 fully saturated rings. The van der Waals surface area contributed by atoms with Gasteiger partial charge in [0.15, 0.2) is 5.82 Å². The van der Waals surface area contributed by atoms with E-state index < -0.39 is 5.97 Å². The molecular formula is C22H21N5O2. The zero-order chi connectivity index (χ0) is 20.5. The topological polar surface area (TPSA) is 92.9 Å². The van der Waals surface area contributed by atoms with Crippen LogP contribution in [0, 0.1) is 6.92 Å². The van der Waals surface area contributed by atoms with Gasteiger partial charge in [0.05, 0.1) is 35.4 Å². The van der Waals surface area contributed by atoms with Crippen LogP contribution in [0.5, 0.6) is 0 Å². The van der Waals surface area contributed by atoms with Crippen LogP contribution in [-0.2, 0) is 0 Å². The molecule has 29 heavy (non-hydrogen) atoms. The number of fused-ring (bicyclic) bond motifs is 1. The molecule has 0 atom stereocenters. The smallest absolute Gasteiger partial charge is 0.335 e. The van der Waals surface area contributed by atoms with Gasteiger partial charge in [-0.05, 0) is 56.7 Å². The Morgan fingerprint density at radius 3 is 2.66 bits per heavy atom. The molecule has 0 amide bonds. The molecule has 2 aromatic carbocycles. The van der Waals surface area contributed by atoms with E-state index in [1.807, 2.05) is 24.3 Å². The van der Waals surface area contributed by atoms with Gasteiger partial charge in [0.1, 0.15) is 0 Å². The zero-order valence-corrected chi connectivity index (χ0v) is 16.4. The molecule has 0 aliphatic heterocycles. The fourth-order valence-electron chi connectivity index (χ4n) is 3.28. The third-order valence-electron chi connectivity index (χ3n) is 4.62. The molecule has 0 saturated carbocycles. The van der Waals surface area contributed by atoms with E-state index in [1.54, 1.807) is 42.3 Å². The van der Waals surface area contributed by atoms with Crippen molar-refractivity contribution < 1.29 is 9.90 Å². The number of nitrogens with one attached hydrogen (secondary N) is 1. The van der Waals surface area contributed by atoms with Crippen LogP contribution in [0.25, 0.3) is 28.0 Å². The van der Waals surface area contributed by atoms with E-state index in [0.29, 0.717) is 23.1 Å². The van der Waals surface area contributed by atoms with Crippen LogP contribution in [0.4, 0.5) is 5.69 Å². The summed E-state index contributed by atoms with van der Waals surface area (Å²) in [6.07, 6.45) is 5.13. The number of carboxylic acids is 1. The number of hydrogen-bond acceptors (Lipinski definition) is 5. The second-order valence-corrected chi connectivity index (χ2v) is 7.23. The van der Waals surface area contributed by atoms with E-state index in [9.17, 15) is 9.90 Å². The molecular weight excluding hydrogens is 366 g/mol. The molecule has 2 aromatic heterocycles.